The third kappa shape index (κ3) is 342. The van der Waals surface area contributed by atoms with Gasteiger partial charge in [-0.3, -0.25) is 0 Å². The normalized spacial score (nSPS) is 10.8. The third-order valence-corrected chi connectivity index (χ3v) is 1.65. The van der Waals surface area contributed by atoms with Gasteiger partial charge in [0.1, 0.15) is 0 Å². The van der Waals surface area contributed by atoms with E-state index in [0.717, 1.165) is 69.2 Å². The molecule has 0 amide bonds. The molecule has 2 aliphatic rings. The second kappa shape index (κ2) is 104. The zero-order valence-corrected chi connectivity index (χ0v) is 38.4. The predicted molar refractivity (Wildman–Crippen MR) is 178 cm³/mol. The van der Waals surface area contributed by atoms with Crippen LogP contribution in [-0.2, 0) is 36.2 Å². The van der Waals surface area contributed by atoms with E-state index in [-0.39, 0.29) is 43.2 Å². The molecular weight excluding hydrogens is 928 g/mol. The minimum absolute atomic E-state index is 0. The summed E-state index contributed by atoms with van der Waals surface area (Å²) in [6.07, 6.45) is 5.11. The van der Waals surface area contributed by atoms with Crippen LogP contribution in [0, 0.1) is 0 Å². The molecule has 0 aromatic heterocycles. The number of ether oxygens (including phenoxy) is 2. The van der Waals surface area contributed by atoms with Crippen LogP contribution in [0.1, 0.15) is 46.5 Å². The van der Waals surface area contributed by atoms with Gasteiger partial charge in [-0.25, -0.2) is 0 Å². The van der Waals surface area contributed by atoms with Crippen LogP contribution >= 0.6 is 58.0 Å². The molecule has 2 aliphatic heterocycles. The van der Waals surface area contributed by atoms with Gasteiger partial charge in [-0.15, -0.1) is 0 Å². The van der Waals surface area contributed by atoms with Crippen molar-refractivity contribution in [2.45, 2.75) is 52.0 Å². The van der Waals surface area contributed by atoms with E-state index in [1.54, 1.807) is 0 Å². The fourth-order valence-electron chi connectivity index (χ4n) is 1.02. The third-order valence-electron chi connectivity index (χ3n) is 1.65. The van der Waals surface area contributed by atoms with Crippen molar-refractivity contribution in [2.75, 3.05) is 82.8 Å². The van der Waals surface area contributed by atoms with Crippen molar-refractivity contribution in [3.05, 3.63) is 0 Å². The Hall–Kier alpha value is 4.04. The Balaban J connectivity index is -0.0000000249. The monoisotopic (exact) mass is 987 g/mol. The topological polar surface area (TPSA) is 156 Å². The number of halogens is 6. The van der Waals surface area contributed by atoms with Gasteiger partial charge in [0, 0.05) is 32.0 Å². The molecule has 9 nitrogen and oxygen atoms in total. The van der Waals surface area contributed by atoms with Gasteiger partial charge < -0.3 is 47.4 Å². The van der Waals surface area contributed by atoms with Crippen LogP contribution < -0.4 is 27.0 Å². The van der Waals surface area contributed by atoms with Crippen LogP contribution in [0.5, 0.6) is 0 Å². The van der Waals surface area contributed by atoms with E-state index in [9.17, 15) is 0 Å². The summed E-state index contributed by atoms with van der Waals surface area (Å²) in [5.41, 5.74) is 5.35. The molecule has 19 heteroatoms. The van der Waals surface area contributed by atoms with Gasteiger partial charge >= 0.3 is 128 Å². The van der Waals surface area contributed by atoms with Gasteiger partial charge in [-0.2, -0.15) is 0 Å². The van der Waals surface area contributed by atoms with Gasteiger partial charge in [-0.05, 0) is 103 Å². The Morgan fingerprint density at radius 2 is 0.615 bits per heavy atom. The maximum absolute atomic E-state index is 5.35. The van der Waals surface area contributed by atoms with Crippen LogP contribution in [0.4, 0.5) is 0 Å². The number of nitrogens with two attached hydrogens (primary N) is 1. The van der Waals surface area contributed by atoms with Gasteiger partial charge in [0.25, 0.3) is 0 Å². The fourth-order valence-corrected chi connectivity index (χ4v) is 1.02. The zero-order chi connectivity index (χ0) is 31.8. The molecule has 0 spiro atoms. The molecule has 0 aromatic carbocycles. The summed E-state index contributed by atoms with van der Waals surface area (Å²) in [4.78, 5) is 0. The molecule has 2 fully saturated rings. The van der Waals surface area contributed by atoms with Crippen molar-refractivity contribution in [3.8, 4) is 0 Å². The molecule has 2 rings (SSSR count). The van der Waals surface area contributed by atoms with Gasteiger partial charge in [0.15, 0.2) is 0 Å². The van der Waals surface area contributed by atoms with Crippen molar-refractivity contribution in [1.29, 1.82) is 0 Å². The van der Waals surface area contributed by atoms with Crippen LogP contribution in [0.2, 0.25) is 0 Å². The Morgan fingerprint density at radius 3 is 0.641 bits per heavy atom. The Bertz CT molecular complexity index is 213. The predicted octanol–water partition coefficient (Wildman–Crippen LogP) is 3.40. The quantitative estimate of drug-likeness (QED) is 0.233. The summed E-state index contributed by atoms with van der Waals surface area (Å²) in [6.45, 7) is 9.90. The van der Waals surface area contributed by atoms with E-state index in [4.69, 9.17) is 73.2 Å². The summed E-state index contributed by atoms with van der Waals surface area (Å²) in [6, 6.07) is 0. The first-order valence-electron chi connectivity index (χ1n) is 10.9. The van der Waals surface area contributed by atoms with E-state index < -0.39 is 0 Å². The molecule has 2 heterocycles. The zero-order valence-electron chi connectivity index (χ0n) is 25.6. The first-order chi connectivity index (χ1) is 17.5. The van der Waals surface area contributed by atoms with Crippen LogP contribution in [-0.4, -0.2) is 142 Å². The van der Waals surface area contributed by atoms with Crippen molar-refractivity contribution in [1.82, 2.24) is 21.3 Å². The summed E-state index contributed by atoms with van der Waals surface area (Å²) in [7, 11) is 43.8. The maximum atomic E-state index is 5.35. The molecule has 0 bridgehead atoms. The number of nitrogens with one attached hydrogen (secondary N) is 4. The van der Waals surface area contributed by atoms with E-state index in [0.29, 0.717) is 0 Å². The second-order valence-corrected chi connectivity index (χ2v) is 11.3. The van der Waals surface area contributed by atoms with Gasteiger partial charge in [0.2, 0.25) is 0 Å². The first-order valence-corrected chi connectivity index (χ1v) is 25.2. The molecule has 6 radical (unpaired) electrons. The average Bonchev–Trinajstić information content (AvgIpc) is 3.58. The minimum atomic E-state index is -0.181. The Morgan fingerprint density at radius 1 is 0.538 bits per heavy atom. The molecule has 0 saturated carbocycles. The van der Waals surface area contributed by atoms with Crippen LogP contribution in [0.25, 0.3) is 0 Å². The number of rotatable bonds is 0. The summed E-state index contributed by atoms with van der Waals surface area (Å²) < 4.78 is 9.89. The molecule has 0 aliphatic carbocycles. The summed E-state index contributed by atoms with van der Waals surface area (Å²) in [5, 5.41) is 11.0. The molecule has 39 heavy (non-hydrogen) atoms. The van der Waals surface area contributed by atoms with Crippen molar-refractivity contribution in [2.24, 2.45) is 5.73 Å². The summed E-state index contributed by atoms with van der Waals surface area (Å²) in [5.74, 6) is 0. The van der Waals surface area contributed by atoms with Crippen LogP contribution in [0.15, 0.2) is 0 Å². The van der Waals surface area contributed by atoms with Gasteiger partial charge in [0.05, 0.1) is 0 Å². The van der Waals surface area contributed by atoms with E-state index in [1.807, 2.05) is 77.2 Å². The molecule has 10 N–H and O–H groups in total. The molecule has 250 valence electrons. The van der Waals surface area contributed by atoms with Crippen LogP contribution in [0.3, 0.4) is 0 Å². The standard InChI is InChI=1S/C4H11N.2C4H8O.4C2H7N.6ClH.2Cr.2H2O.2Sn/c1-4(2,3)5;2*1-2-4-5-3-1;4*1-3-2;;;;;;;;;;;;/h5H2,1-3H3;2*1-4H2;4*3H,1-2H3;6*1H;;;2*1H2;;/q;;;;;;;;;;;;;2*+2;;;2*+1/p-6. The molecule has 2 saturated heterocycles. The Labute approximate surface area is 306 Å². The first kappa shape index (κ1) is 74.1. The van der Waals surface area contributed by atoms with E-state index in [2.05, 4.69) is 21.3 Å². The average molecular weight is 988 g/mol. The van der Waals surface area contributed by atoms with Crippen molar-refractivity contribution in [3.63, 3.8) is 0 Å². The molecule has 0 atom stereocenters. The number of hydrogen-bond acceptors (Lipinski definition) is 7. The fraction of sp³-hybridized carbons (Fsp3) is 1.00. The second-order valence-electron chi connectivity index (χ2n) is 7.12. The molecular formula is C20H59Cl6Cr2N5O4Sn2. The van der Waals surface area contributed by atoms with E-state index >= 15 is 0 Å². The SMILES string of the molecule is C1CCOC1.C1CCOC1.CC(C)(C)N.CNC.CNC.CNC.CNC.O.O.[Cl][Cr][Cl].[Cl][Cr][Cl].[Cl][Sn].[Cl][Sn]. The molecule has 0 aromatic rings. The van der Waals surface area contributed by atoms with Gasteiger partial charge in [-0.1, -0.05) is 0 Å². The van der Waals surface area contributed by atoms with Crippen molar-refractivity contribution >= 4 is 101 Å². The number of hydrogen-bond donors (Lipinski definition) is 5. The van der Waals surface area contributed by atoms with Crippen molar-refractivity contribution < 1.29 is 47.2 Å². The molecule has 0 unspecified atom stereocenters. The van der Waals surface area contributed by atoms with E-state index in [1.165, 1.54) is 25.7 Å². The Kier molecular flexibility index (Phi) is 198. The summed E-state index contributed by atoms with van der Waals surface area (Å²) >= 11 is 1.68.